The summed E-state index contributed by atoms with van der Waals surface area (Å²) in [6.45, 7) is 1.59. The summed E-state index contributed by atoms with van der Waals surface area (Å²) in [5, 5.41) is 28.5. The Labute approximate surface area is 215 Å². The fourth-order valence-corrected chi connectivity index (χ4v) is 3.07. The maximum atomic E-state index is 12.3. The summed E-state index contributed by atoms with van der Waals surface area (Å²) in [5.74, 6) is -1.15. The van der Waals surface area contributed by atoms with Gasteiger partial charge < -0.3 is 19.5 Å². The largest absolute Gasteiger partial charge is 0.497 e. The fraction of sp³-hybridized carbons (Fsp3) is 0.125. The Hall–Kier alpha value is -5.53. The number of nitro benzene ring substituents is 2. The molecule has 0 aromatic heterocycles. The van der Waals surface area contributed by atoms with Gasteiger partial charge >= 0.3 is 17.5 Å². The Morgan fingerprint density at radius 2 is 1.50 bits per heavy atom. The molecule has 0 spiro atoms. The molecule has 0 unspecified atom stereocenters. The molecule has 3 rings (SSSR count). The number of rotatable bonds is 9. The fourth-order valence-electron chi connectivity index (χ4n) is 3.07. The van der Waals surface area contributed by atoms with Crippen molar-refractivity contribution < 1.29 is 33.6 Å². The molecule has 0 bridgehead atoms. The predicted molar refractivity (Wildman–Crippen MR) is 135 cm³/mol. The Kier molecular flexibility index (Phi) is 8.50. The first-order chi connectivity index (χ1) is 18.1. The number of benzene rings is 3. The van der Waals surface area contributed by atoms with Crippen molar-refractivity contribution >= 4 is 34.6 Å². The number of nitrogens with zero attached hydrogens (tertiary/aromatic N) is 3. The highest BCUT2D eigenvalue weighted by Gasteiger charge is 2.21. The summed E-state index contributed by atoms with van der Waals surface area (Å²) in [6.07, 6.45) is 0. The van der Waals surface area contributed by atoms with Crippen LogP contribution in [0.2, 0.25) is 0 Å². The van der Waals surface area contributed by atoms with Gasteiger partial charge in [0.25, 0.3) is 5.69 Å². The van der Waals surface area contributed by atoms with Crippen molar-refractivity contribution in [3.8, 4) is 23.0 Å². The zero-order valence-corrected chi connectivity index (χ0v) is 20.3. The number of anilines is 1. The van der Waals surface area contributed by atoms with Crippen molar-refractivity contribution in [3.63, 3.8) is 0 Å². The van der Waals surface area contributed by atoms with Gasteiger partial charge in [0.05, 0.1) is 41.5 Å². The summed E-state index contributed by atoms with van der Waals surface area (Å²) in [4.78, 5) is 45.1. The lowest BCUT2D eigenvalue weighted by Gasteiger charge is -2.11. The maximum Gasteiger partial charge on any atom is 0.329 e. The summed E-state index contributed by atoms with van der Waals surface area (Å²) in [7, 11) is 2.88. The molecule has 0 radical (unpaired) electrons. The van der Waals surface area contributed by atoms with Crippen LogP contribution in [0.3, 0.4) is 0 Å². The van der Waals surface area contributed by atoms with Crippen LogP contribution in [0.4, 0.5) is 17.1 Å². The quantitative estimate of drug-likeness (QED) is 0.182. The number of hydrogen-bond donors (Lipinski definition) is 2. The van der Waals surface area contributed by atoms with Crippen LogP contribution >= 0.6 is 0 Å². The number of amides is 2. The van der Waals surface area contributed by atoms with Crippen LogP contribution < -0.4 is 25.0 Å². The van der Waals surface area contributed by atoms with Gasteiger partial charge in [-0.15, -0.1) is 0 Å². The zero-order valence-electron chi connectivity index (χ0n) is 20.3. The Morgan fingerprint density at radius 1 is 0.816 bits per heavy atom. The van der Waals surface area contributed by atoms with E-state index in [0.29, 0.717) is 22.8 Å². The lowest BCUT2D eigenvalue weighted by atomic mass is 10.1. The molecule has 0 aliphatic heterocycles. The van der Waals surface area contributed by atoms with Gasteiger partial charge in [-0.1, -0.05) is 0 Å². The van der Waals surface area contributed by atoms with Crippen LogP contribution in [0.1, 0.15) is 12.5 Å². The molecule has 0 saturated carbocycles. The van der Waals surface area contributed by atoms with E-state index >= 15 is 0 Å². The van der Waals surface area contributed by atoms with Gasteiger partial charge in [-0.25, -0.2) is 5.43 Å². The van der Waals surface area contributed by atoms with Crippen molar-refractivity contribution in [2.75, 3.05) is 19.5 Å². The molecule has 14 heteroatoms. The third-order valence-electron chi connectivity index (χ3n) is 5.04. The van der Waals surface area contributed by atoms with Gasteiger partial charge in [-0.3, -0.25) is 29.8 Å². The van der Waals surface area contributed by atoms with Gasteiger partial charge in [0.15, 0.2) is 0 Å². The van der Waals surface area contributed by atoms with Gasteiger partial charge in [0.2, 0.25) is 5.75 Å². The number of ether oxygens (including phenoxy) is 3. The molecule has 0 fully saturated rings. The van der Waals surface area contributed by atoms with Crippen LogP contribution in [0, 0.1) is 20.2 Å². The molecule has 3 aromatic rings. The van der Waals surface area contributed by atoms with E-state index in [9.17, 15) is 29.8 Å². The van der Waals surface area contributed by atoms with E-state index in [4.69, 9.17) is 14.2 Å². The molecule has 2 amide bonds. The van der Waals surface area contributed by atoms with E-state index in [1.807, 2.05) is 0 Å². The standard InChI is InChI=1S/C24H21N5O9/c1-14(26-27-24(31)23(30)25-19-10-9-18(36-2)13-22(19)37-3)15-4-7-17(8-5-15)38-21-11-6-16(28(32)33)12-20(21)29(34)35/h4-13H,1-3H3,(H,25,30)(H,27,31)/b26-14+. The highest BCUT2D eigenvalue weighted by Crippen LogP contribution is 2.34. The molecule has 3 aromatic carbocycles. The minimum Gasteiger partial charge on any atom is -0.497 e. The van der Waals surface area contributed by atoms with Gasteiger partial charge in [0.1, 0.15) is 17.2 Å². The van der Waals surface area contributed by atoms with E-state index in [1.54, 1.807) is 31.2 Å². The Morgan fingerprint density at radius 3 is 2.11 bits per heavy atom. The SMILES string of the molecule is COc1ccc(NC(=O)C(=O)N/N=C(\C)c2ccc(Oc3ccc([N+](=O)[O-])cc3[N+](=O)[O-])cc2)c(OC)c1. The van der Waals surface area contributed by atoms with E-state index in [-0.39, 0.29) is 17.2 Å². The molecular formula is C24H21N5O9. The minimum absolute atomic E-state index is 0.175. The van der Waals surface area contributed by atoms with Crippen LogP contribution in [0.15, 0.2) is 65.8 Å². The smallest absolute Gasteiger partial charge is 0.329 e. The van der Waals surface area contributed by atoms with Gasteiger partial charge in [-0.05, 0) is 55.0 Å². The van der Waals surface area contributed by atoms with Crippen molar-refractivity contribution in [2.45, 2.75) is 6.92 Å². The van der Waals surface area contributed by atoms with Gasteiger partial charge in [0, 0.05) is 12.1 Å². The first-order valence-corrected chi connectivity index (χ1v) is 10.7. The molecule has 0 aliphatic carbocycles. The number of carbonyl (C=O) groups is 2. The predicted octanol–water partition coefficient (Wildman–Crippen LogP) is 3.79. The third-order valence-corrected chi connectivity index (χ3v) is 5.04. The van der Waals surface area contributed by atoms with Crippen LogP contribution in [-0.4, -0.2) is 41.6 Å². The first-order valence-electron chi connectivity index (χ1n) is 10.7. The topological polar surface area (TPSA) is 185 Å². The van der Waals surface area contributed by atoms with Crippen molar-refractivity contribution in [1.82, 2.24) is 5.43 Å². The normalized spacial score (nSPS) is 10.8. The summed E-state index contributed by atoms with van der Waals surface area (Å²) < 4.78 is 15.8. The average Bonchev–Trinajstić information content (AvgIpc) is 2.91. The Bertz CT molecular complexity index is 1420. The van der Waals surface area contributed by atoms with E-state index in [0.717, 1.165) is 18.2 Å². The van der Waals surface area contributed by atoms with Crippen LogP contribution in [-0.2, 0) is 9.59 Å². The maximum absolute atomic E-state index is 12.3. The molecule has 0 atom stereocenters. The molecular weight excluding hydrogens is 502 g/mol. The number of nitrogens with one attached hydrogen (secondary N) is 2. The van der Waals surface area contributed by atoms with E-state index in [1.165, 1.54) is 32.4 Å². The Balaban J connectivity index is 1.65. The second kappa shape index (κ2) is 11.9. The number of methoxy groups -OCH3 is 2. The summed E-state index contributed by atoms with van der Waals surface area (Å²) in [6, 6.07) is 13.8. The first kappa shape index (κ1) is 27.1. The lowest BCUT2D eigenvalue weighted by Crippen LogP contribution is -2.33. The molecule has 14 nitrogen and oxygen atoms in total. The number of hydrogen-bond acceptors (Lipinski definition) is 10. The highest BCUT2D eigenvalue weighted by molar-refractivity contribution is 6.39. The van der Waals surface area contributed by atoms with Gasteiger partial charge in [-0.2, -0.15) is 5.10 Å². The second-order valence-corrected chi connectivity index (χ2v) is 7.45. The third kappa shape index (κ3) is 6.57. The molecule has 196 valence electrons. The van der Waals surface area contributed by atoms with Crippen molar-refractivity contribution in [2.24, 2.45) is 5.10 Å². The summed E-state index contributed by atoms with van der Waals surface area (Å²) in [5.41, 5.74) is 2.32. The average molecular weight is 523 g/mol. The molecule has 0 aliphatic rings. The second-order valence-electron chi connectivity index (χ2n) is 7.45. The van der Waals surface area contributed by atoms with E-state index < -0.39 is 33.0 Å². The summed E-state index contributed by atoms with van der Waals surface area (Å²) >= 11 is 0. The number of hydrazone groups is 1. The van der Waals surface area contributed by atoms with E-state index in [2.05, 4.69) is 15.8 Å². The molecule has 2 N–H and O–H groups in total. The number of carbonyl (C=O) groups excluding carboxylic acids is 2. The highest BCUT2D eigenvalue weighted by atomic mass is 16.6. The monoisotopic (exact) mass is 523 g/mol. The zero-order chi connectivity index (χ0) is 27.8. The molecule has 0 heterocycles. The van der Waals surface area contributed by atoms with Crippen LogP contribution in [0.25, 0.3) is 0 Å². The van der Waals surface area contributed by atoms with Crippen molar-refractivity contribution in [1.29, 1.82) is 0 Å². The number of nitro groups is 2. The van der Waals surface area contributed by atoms with Crippen molar-refractivity contribution in [3.05, 3.63) is 86.5 Å². The molecule has 38 heavy (non-hydrogen) atoms. The lowest BCUT2D eigenvalue weighted by molar-refractivity contribution is -0.394. The van der Waals surface area contributed by atoms with Crippen LogP contribution in [0.5, 0.6) is 23.0 Å². The minimum atomic E-state index is -1.02. The number of non-ortho nitro benzene ring substituents is 1. The molecule has 0 saturated heterocycles.